The first-order valence-corrected chi connectivity index (χ1v) is 13.3. The highest BCUT2D eigenvalue weighted by molar-refractivity contribution is 4.71. The molecule has 0 aromatic carbocycles. The van der Waals surface area contributed by atoms with Crippen LogP contribution in [0.15, 0.2) is 0 Å². The van der Waals surface area contributed by atoms with Crippen LogP contribution < -0.4 is 0 Å². The summed E-state index contributed by atoms with van der Waals surface area (Å²) in [5.41, 5.74) is 0. The topological polar surface area (TPSA) is 0 Å². The SMILES string of the molecule is CCCCCCCCCCCCCCC(CCCC)C(CCC)CCCC. The molecule has 27 heavy (non-hydrogen) atoms. The quantitative estimate of drug-likeness (QED) is 0.164. The van der Waals surface area contributed by atoms with E-state index in [1.807, 2.05) is 0 Å². The van der Waals surface area contributed by atoms with Crippen molar-refractivity contribution in [1.82, 2.24) is 0 Å². The fourth-order valence-electron chi connectivity index (χ4n) is 4.78. The van der Waals surface area contributed by atoms with E-state index in [4.69, 9.17) is 0 Å². The third-order valence-corrected chi connectivity index (χ3v) is 6.61. The van der Waals surface area contributed by atoms with Crippen molar-refractivity contribution in [2.75, 3.05) is 0 Å². The monoisotopic (exact) mass is 380 g/mol. The zero-order valence-corrected chi connectivity index (χ0v) is 20.0. The normalized spacial score (nSPS) is 13.8. The second-order valence-corrected chi connectivity index (χ2v) is 9.27. The Bertz CT molecular complexity index is 257. The van der Waals surface area contributed by atoms with Gasteiger partial charge in [0.25, 0.3) is 0 Å². The molecule has 0 rings (SSSR count). The maximum absolute atomic E-state index is 2.39. The lowest BCUT2D eigenvalue weighted by molar-refractivity contribution is 0.244. The Labute approximate surface area is 174 Å². The van der Waals surface area contributed by atoms with Crippen molar-refractivity contribution < 1.29 is 0 Å². The standard InChI is InChI=1S/C27H56/c1-5-9-12-13-14-15-16-17-18-19-20-21-25-27(24-11-7-3)26(22-8-4)23-10-6-2/h26-27H,5-25H2,1-4H3. The second kappa shape index (κ2) is 22.3. The summed E-state index contributed by atoms with van der Waals surface area (Å²) in [5, 5.41) is 0. The highest BCUT2D eigenvalue weighted by Crippen LogP contribution is 2.32. The van der Waals surface area contributed by atoms with Crippen LogP contribution in [0.1, 0.15) is 163 Å². The Morgan fingerprint density at radius 1 is 0.296 bits per heavy atom. The van der Waals surface area contributed by atoms with Gasteiger partial charge in [-0.2, -0.15) is 0 Å². The van der Waals surface area contributed by atoms with Crippen LogP contribution in [-0.4, -0.2) is 0 Å². The van der Waals surface area contributed by atoms with Crippen molar-refractivity contribution in [3.8, 4) is 0 Å². The fourth-order valence-corrected chi connectivity index (χ4v) is 4.78. The molecule has 0 amide bonds. The van der Waals surface area contributed by atoms with Gasteiger partial charge in [-0.05, 0) is 11.8 Å². The molecule has 0 nitrogen and oxygen atoms in total. The van der Waals surface area contributed by atoms with Crippen LogP contribution in [0.2, 0.25) is 0 Å². The van der Waals surface area contributed by atoms with Gasteiger partial charge < -0.3 is 0 Å². The van der Waals surface area contributed by atoms with Gasteiger partial charge in [0.1, 0.15) is 0 Å². The highest BCUT2D eigenvalue weighted by atomic mass is 14.2. The van der Waals surface area contributed by atoms with Gasteiger partial charge in [-0.15, -0.1) is 0 Å². The molecular weight excluding hydrogens is 324 g/mol. The van der Waals surface area contributed by atoms with Gasteiger partial charge in [0, 0.05) is 0 Å². The van der Waals surface area contributed by atoms with Gasteiger partial charge >= 0.3 is 0 Å². The number of rotatable bonds is 22. The zero-order chi connectivity index (χ0) is 20.0. The molecule has 0 aromatic rings. The maximum Gasteiger partial charge on any atom is -0.0386 e. The van der Waals surface area contributed by atoms with E-state index in [-0.39, 0.29) is 0 Å². The van der Waals surface area contributed by atoms with E-state index in [9.17, 15) is 0 Å². The minimum Gasteiger partial charge on any atom is -0.0654 e. The van der Waals surface area contributed by atoms with E-state index in [0.29, 0.717) is 0 Å². The Kier molecular flexibility index (Phi) is 22.3. The van der Waals surface area contributed by atoms with E-state index in [0.717, 1.165) is 11.8 Å². The van der Waals surface area contributed by atoms with Crippen molar-refractivity contribution in [2.24, 2.45) is 11.8 Å². The van der Waals surface area contributed by atoms with Crippen molar-refractivity contribution in [3.63, 3.8) is 0 Å². The van der Waals surface area contributed by atoms with Gasteiger partial charge in [0.2, 0.25) is 0 Å². The molecule has 0 spiro atoms. The third kappa shape index (κ3) is 17.8. The first kappa shape index (κ1) is 27.0. The number of hydrogen-bond donors (Lipinski definition) is 0. The van der Waals surface area contributed by atoms with Crippen LogP contribution in [0.4, 0.5) is 0 Å². The van der Waals surface area contributed by atoms with E-state index >= 15 is 0 Å². The molecular formula is C27H56. The predicted octanol–water partition coefficient (Wildman–Crippen LogP) is 10.5. The Balaban J connectivity index is 3.79. The second-order valence-electron chi connectivity index (χ2n) is 9.27. The molecule has 0 aliphatic rings. The van der Waals surface area contributed by atoms with Gasteiger partial charge in [0.05, 0.1) is 0 Å². The molecule has 164 valence electrons. The summed E-state index contributed by atoms with van der Waals surface area (Å²) >= 11 is 0. The highest BCUT2D eigenvalue weighted by Gasteiger charge is 2.19. The fraction of sp³-hybridized carbons (Fsp3) is 1.00. The van der Waals surface area contributed by atoms with Crippen LogP contribution in [0.5, 0.6) is 0 Å². The summed E-state index contributed by atoms with van der Waals surface area (Å²) in [6.07, 6.45) is 30.7. The van der Waals surface area contributed by atoms with E-state index in [1.165, 1.54) is 135 Å². The molecule has 0 bridgehead atoms. The first-order chi connectivity index (χ1) is 13.3. The lowest BCUT2D eigenvalue weighted by Gasteiger charge is -2.27. The molecule has 0 saturated heterocycles. The maximum atomic E-state index is 2.39. The largest absolute Gasteiger partial charge is 0.0654 e. The molecule has 0 aliphatic heterocycles. The molecule has 0 heteroatoms. The number of hydrogen-bond acceptors (Lipinski definition) is 0. The Hall–Kier alpha value is 0. The molecule has 0 N–H and O–H groups in total. The predicted molar refractivity (Wildman–Crippen MR) is 127 cm³/mol. The number of unbranched alkanes of at least 4 members (excludes halogenated alkanes) is 13. The minimum atomic E-state index is 1.02. The van der Waals surface area contributed by atoms with Gasteiger partial charge in [0.15, 0.2) is 0 Å². The molecule has 0 fully saturated rings. The minimum absolute atomic E-state index is 1.02. The van der Waals surface area contributed by atoms with Gasteiger partial charge in [-0.25, -0.2) is 0 Å². The van der Waals surface area contributed by atoms with Crippen LogP contribution in [-0.2, 0) is 0 Å². The van der Waals surface area contributed by atoms with E-state index in [2.05, 4.69) is 27.7 Å². The van der Waals surface area contributed by atoms with Crippen molar-refractivity contribution in [1.29, 1.82) is 0 Å². The summed E-state index contributed by atoms with van der Waals surface area (Å²) in [4.78, 5) is 0. The zero-order valence-electron chi connectivity index (χ0n) is 20.0. The molecule has 2 atom stereocenters. The van der Waals surface area contributed by atoms with Crippen LogP contribution in [0.3, 0.4) is 0 Å². The summed E-state index contributed by atoms with van der Waals surface area (Å²) < 4.78 is 0. The van der Waals surface area contributed by atoms with Gasteiger partial charge in [-0.3, -0.25) is 0 Å². The Morgan fingerprint density at radius 3 is 1.04 bits per heavy atom. The molecule has 2 unspecified atom stereocenters. The molecule has 0 aromatic heterocycles. The lowest BCUT2D eigenvalue weighted by atomic mass is 9.79. The van der Waals surface area contributed by atoms with Crippen molar-refractivity contribution in [3.05, 3.63) is 0 Å². The summed E-state index contributed by atoms with van der Waals surface area (Å²) in [7, 11) is 0. The summed E-state index contributed by atoms with van der Waals surface area (Å²) in [6.45, 7) is 9.41. The van der Waals surface area contributed by atoms with E-state index in [1.54, 1.807) is 0 Å². The first-order valence-electron chi connectivity index (χ1n) is 13.3. The average Bonchev–Trinajstić information content (AvgIpc) is 2.68. The van der Waals surface area contributed by atoms with Crippen molar-refractivity contribution in [2.45, 2.75) is 163 Å². The van der Waals surface area contributed by atoms with Gasteiger partial charge in [-0.1, -0.05) is 163 Å². The summed E-state index contributed by atoms with van der Waals surface area (Å²) in [6, 6.07) is 0. The molecule has 0 radical (unpaired) electrons. The third-order valence-electron chi connectivity index (χ3n) is 6.61. The van der Waals surface area contributed by atoms with Crippen molar-refractivity contribution >= 4 is 0 Å². The average molecular weight is 381 g/mol. The van der Waals surface area contributed by atoms with Crippen LogP contribution in [0, 0.1) is 11.8 Å². The van der Waals surface area contributed by atoms with E-state index < -0.39 is 0 Å². The molecule has 0 saturated carbocycles. The smallest absolute Gasteiger partial charge is 0.0386 e. The molecule has 0 heterocycles. The lowest BCUT2D eigenvalue weighted by Crippen LogP contribution is -2.15. The molecule has 0 aliphatic carbocycles. The summed E-state index contributed by atoms with van der Waals surface area (Å²) in [5.74, 6) is 2.05. The Morgan fingerprint density at radius 2 is 0.630 bits per heavy atom. The van der Waals surface area contributed by atoms with Crippen LogP contribution in [0.25, 0.3) is 0 Å². The van der Waals surface area contributed by atoms with Crippen LogP contribution >= 0.6 is 0 Å².